The summed E-state index contributed by atoms with van der Waals surface area (Å²) in [6.07, 6.45) is 2.49. The first-order valence-corrected chi connectivity index (χ1v) is 8.33. The molecule has 0 amide bonds. The normalized spacial score (nSPS) is 21.7. The van der Waals surface area contributed by atoms with Gasteiger partial charge >= 0.3 is 0 Å². The lowest BCUT2D eigenvalue weighted by molar-refractivity contribution is 0.485. The first-order valence-electron chi connectivity index (χ1n) is 6.51. The van der Waals surface area contributed by atoms with Gasteiger partial charge in [-0.2, -0.15) is 5.10 Å². The summed E-state index contributed by atoms with van der Waals surface area (Å²) in [6, 6.07) is -0.00291. The summed E-state index contributed by atoms with van der Waals surface area (Å²) in [4.78, 5) is 0. The Morgan fingerprint density at radius 3 is 2.84 bits per heavy atom. The van der Waals surface area contributed by atoms with Crippen molar-refractivity contribution in [2.24, 2.45) is 0 Å². The molecular formula is C13H21N3O2S. The van der Waals surface area contributed by atoms with Crippen molar-refractivity contribution in [2.75, 3.05) is 18.1 Å². The van der Waals surface area contributed by atoms with E-state index >= 15 is 0 Å². The molecule has 1 aliphatic heterocycles. The fourth-order valence-corrected chi connectivity index (χ4v) is 4.27. The fraction of sp³-hybridized carbons (Fsp3) is 0.615. The van der Waals surface area contributed by atoms with E-state index in [4.69, 9.17) is 0 Å². The van der Waals surface area contributed by atoms with Crippen LogP contribution in [0, 0.1) is 13.8 Å². The van der Waals surface area contributed by atoms with E-state index in [1.807, 2.05) is 24.6 Å². The SMILES string of the molecule is C=CCNCc1c(C)nn(C2CCS(=O)(=O)C2)c1C. The van der Waals surface area contributed by atoms with Crippen LogP contribution < -0.4 is 5.32 Å². The Labute approximate surface area is 114 Å². The number of hydrogen-bond acceptors (Lipinski definition) is 4. The molecule has 106 valence electrons. The molecule has 0 aliphatic carbocycles. The number of rotatable bonds is 5. The van der Waals surface area contributed by atoms with Gasteiger partial charge in [0.1, 0.15) is 0 Å². The molecule has 0 aromatic carbocycles. The van der Waals surface area contributed by atoms with Gasteiger partial charge in [0.05, 0.1) is 23.2 Å². The summed E-state index contributed by atoms with van der Waals surface area (Å²) < 4.78 is 25.0. The predicted molar refractivity (Wildman–Crippen MR) is 75.9 cm³/mol. The minimum absolute atomic E-state index is 0.00291. The first kappa shape index (κ1) is 14.3. The average molecular weight is 283 g/mol. The Bertz CT molecular complexity index is 575. The summed E-state index contributed by atoms with van der Waals surface area (Å²) in [6.45, 7) is 9.14. The molecule has 5 nitrogen and oxygen atoms in total. The number of aromatic nitrogens is 2. The molecule has 1 saturated heterocycles. The van der Waals surface area contributed by atoms with Gasteiger partial charge in [0.25, 0.3) is 0 Å². The molecule has 1 N–H and O–H groups in total. The van der Waals surface area contributed by atoms with E-state index in [-0.39, 0.29) is 17.5 Å². The van der Waals surface area contributed by atoms with Crippen molar-refractivity contribution in [3.8, 4) is 0 Å². The van der Waals surface area contributed by atoms with Crippen LogP contribution in [-0.4, -0.2) is 36.2 Å². The molecule has 1 aromatic heterocycles. The highest BCUT2D eigenvalue weighted by molar-refractivity contribution is 7.91. The van der Waals surface area contributed by atoms with Crippen LogP contribution in [0.1, 0.15) is 29.4 Å². The summed E-state index contributed by atoms with van der Waals surface area (Å²) in [5.41, 5.74) is 3.20. The van der Waals surface area contributed by atoms with Crippen LogP contribution in [0.4, 0.5) is 0 Å². The molecule has 19 heavy (non-hydrogen) atoms. The quantitative estimate of drug-likeness (QED) is 0.650. The zero-order valence-electron chi connectivity index (χ0n) is 11.5. The summed E-state index contributed by atoms with van der Waals surface area (Å²) in [5, 5.41) is 7.79. The van der Waals surface area contributed by atoms with Gasteiger partial charge < -0.3 is 5.32 Å². The lowest BCUT2D eigenvalue weighted by atomic mass is 10.2. The van der Waals surface area contributed by atoms with E-state index in [1.54, 1.807) is 0 Å². The Kier molecular flexibility index (Phi) is 4.10. The number of nitrogens with one attached hydrogen (secondary N) is 1. The van der Waals surface area contributed by atoms with Crippen LogP contribution in [0.2, 0.25) is 0 Å². The third-order valence-electron chi connectivity index (χ3n) is 3.62. The van der Waals surface area contributed by atoms with E-state index in [0.717, 1.165) is 30.0 Å². The van der Waals surface area contributed by atoms with Crippen LogP contribution in [0.3, 0.4) is 0 Å². The second-order valence-corrected chi connectivity index (χ2v) is 7.30. The molecule has 0 spiro atoms. The summed E-state index contributed by atoms with van der Waals surface area (Å²) in [5.74, 6) is 0.495. The van der Waals surface area contributed by atoms with Crippen LogP contribution in [0.5, 0.6) is 0 Å². The zero-order valence-corrected chi connectivity index (χ0v) is 12.3. The van der Waals surface area contributed by atoms with Gasteiger partial charge in [-0.25, -0.2) is 8.42 Å². The fourth-order valence-electron chi connectivity index (χ4n) is 2.58. The zero-order chi connectivity index (χ0) is 14.0. The maximum Gasteiger partial charge on any atom is 0.152 e. The van der Waals surface area contributed by atoms with Crippen molar-refractivity contribution in [3.63, 3.8) is 0 Å². The Hall–Kier alpha value is -1.14. The smallest absolute Gasteiger partial charge is 0.152 e. The predicted octanol–water partition coefficient (Wildman–Crippen LogP) is 1.14. The highest BCUT2D eigenvalue weighted by Crippen LogP contribution is 2.26. The van der Waals surface area contributed by atoms with E-state index in [0.29, 0.717) is 6.42 Å². The first-order chi connectivity index (χ1) is 8.94. The minimum atomic E-state index is -2.87. The summed E-state index contributed by atoms with van der Waals surface area (Å²) in [7, 11) is -2.87. The second-order valence-electron chi connectivity index (χ2n) is 5.07. The lowest BCUT2D eigenvalue weighted by Crippen LogP contribution is -2.16. The molecule has 1 aromatic rings. The Morgan fingerprint density at radius 2 is 2.26 bits per heavy atom. The third-order valence-corrected chi connectivity index (χ3v) is 5.37. The molecule has 6 heteroatoms. The highest BCUT2D eigenvalue weighted by Gasteiger charge is 2.31. The number of nitrogens with zero attached hydrogens (tertiary/aromatic N) is 2. The van der Waals surface area contributed by atoms with Crippen LogP contribution in [-0.2, 0) is 16.4 Å². The lowest BCUT2D eigenvalue weighted by Gasteiger charge is -2.11. The second kappa shape index (κ2) is 5.46. The molecule has 1 atom stereocenters. The molecular weight excluding hydrogens is 262 g/mol. The molecule has 0 bridgehead atoms. The molecule has 0 radical (unpaired) electrons. The van der Waals surface area contributed by atoms with Gasteiger partial charge in [0, 0.05) is 24.3 Å². The van der Waals surface area contributed by atoms with Gasteiger partial charge in [-0.15, -0.1) is 6.58 Å². The van der Waals surface area contributed by atoms with Crippen molar-refractivity contribution in [1.82, 2.24) is 15.1 Å². The number of aryl methyl sites for hydroxylation is 1. The summed E-state index contributed by atoms with van der Waals surface area (Å²) >= 11 is 0. The molecule has 1 aliphatic rings. The standard InChI is InChI=1S/C13H21N3O2S/c1-4-6-14-8-13-10(2)15-16(11(13)3)12-5-7-19(17,18)9-12/h4,12,14H,1,5-9H2,2-3H3. The van der Waals surface area contributed by atoms with E-state index in [1.165, 1.54) is 0 Å². The van der Waals surface area contributed by atoms with Crippen LogP contribution in [0.25, 0.3) is 0 Å². The van der Waals surface area contributed by atoms with Crippen molar-refractivity contribution in [3.05, 3.63) is 29.6 Å². The van der Waals surface area contributed by atoms with Crippen molar-refractivity contribution >= 4 is 9.84 Å². The number of sulfone groups is 1. The largest absolute Gasteiger partial charge is 0.309 e. The van der Waals surface area contributed by atoms with Gasteiger partial charge in [0.15, 0.2) is 9.84 Å². The maximum absolute atomic E-state index is 11.6. The topological polar surface area (TPSA) is 64.0 Å². The van der Waals surface area contributed by atoms with Crippen molar-refractivity contribution < 1.29 is 8.42 Å². The van der Waals surface area contributed by atoms with E-state index in [9.17, 15) is 8.42 Å². The van der Waals surface area contributed by atoms with Crippen LogP contribution in [0.15, 0.2) is 12.7 Å². The van der Waals surface area contributed by atoms with E-state index in [2.05, 4.69) is 17.0 Å². The van der Waals surface area contributed by atoms with Crippen molar-refractivity contribution in [1.29, 1.82) is 0 Å². The van der Waals surface area contributed by atoms with Gasteiger partial charge in [-0.05, 0) is 20.3 Å². The average Bonchev–Trinajstić information content (AvgIpc) is 2.83. The maximum atomic E-state index is 11.6. The highest BCUT2D eigenvalue weighted by atomic mass is 32.2. The van der Waals surface area contributed by atoms with Crippen LogP contribution >= 0.6 is 0 Å². The monoisotopic (exact) mass is 283 g/mol. The molecule has 1 unspecified atom stereocenters. The Morgan fingerprint density at radius 1 is 1.53 bits per heavy atom. The molecule has 0 saturated carbocycles. The van der Waals surface area contributed by atoms with Gasteiger partial charge in [-0.1, -0.05) is 6.08 Å². The molecule has 1 fully saturated rings. The molecule has 2 heterocycles. The third kappa shape index (κ3) is 3.06. The molecule has 2 rings (SSSR count). The van der Waals surface area contributed by atoms with Gasteiger partial charge in [-0.3, -0.25) is 4.68 Å². The van der Waals surface area contributed by atoms with E-state index < -0.39 is 9.84 Å². The minimum Gasteiger partial charge on any atom is -0.309 e. The number of hydrogen-bond donors (Lipinski definition) is 1. The van der Waals surface area contributed by atoms with Crippen molar-refractivity contribution in [2.45, 2.75) is 32.9 Å². The van der Waals surface area contributed by atoms with Gasteiger partial charge in [0.2, 0.25) is 0 Å². The Balaban J connectivity index is 2.19.